The van der Waals surface area contributed by atoms with Crippen LogP contribution in [0.15, 0.2) is 54.6 Å². The van der Waals surface area contributed by atoms with E-state index in [0.29, 0.717) is 0 Å². The Labute approximate surface area is 116 Å². The number of hydrogen-bond acceptors (Lipinski definition) is 0. The highest BCUT2D eigenvalue weighted by atomic mass is 14.3. The monoisotopic (exact) mass is 250 g/mol. The molecule has 2 unspecified atom stereocenters. The molecule has 19 heavy (non-hydrogen) atoms. The summed E-state index contributed by atoms with van der Waals surface area (Å²) in [7, 11) is 0. The van der Waals surface area contributed by atoms with E-state index in [-0.39, 0.29) is 0 Å². The molecule has 1 saturated carbocycles. The van der Waals surface area contributed by atoms with Crippen LogP contribution in [0.2, 0.25) is 0 Å². The highest BCUT2D eigenvalue weighted by Crippen LogP contribution is 2.33. The van der Waals surface area contributed by atoms with E-state index < -0.39 is 0 Å². The molecule has 0 aliphatic heterocycles. The van der Waals surface area contributed by atoms with E-state index in [2.05, 4.69) is 61.5 Å². The quantitative estimate of drug-likeness (QED) is 0.690. The molecule has 3 rings (SSSR count). The third-order valence-corrected chi connectivity index (χ3v) is 4.39. The van der Waals surface area contributed by atoms with Crippen LogP contribution >= 0.6 is 0 Å². The van der Waals surface area contributed by atoms with Crippen molar-refractivity contribution in [1.29, 1.82) is 0 Å². The van der Waals surface area contributed by atoms with E-state index in [1.54, 1.807) is 0 Å². The van der Waals surface area contributed by atoms with Crippen molar-refractivity contribution in [3.8, 4) is 11.1 Å². The first-order valence-corrected chi connectivity index (χ1v) is 7.45. The number of rotatable bonds is 3. The second-order valence-corrected chi connectivity index (χ2v) is 6.05. The lowest BCUT2D eigenvalue weighted by Gasteiger charge is -2.10. The number of benzene rings is 2. The first kappa shape index (κ1) is 12.5. The van der Waals surface area contributed by atoms with Crippen molar-refractivity contribution in [1.82, 2.24) is 0 Å². The molecule has 1 aliphatic rings. The minimum Gasteiger partial charge on any atom is -0.0625 e. The van der Waals surface area contributed by atoms with Gasteiger partial charge in [-0.3, -0.25) is 0 Å². The maximum Gasteiger partial charge on any atom is -0.0184 e. The third-order valence-electron chi connectivity index (χ3n) is 4.39. The molecule has 0 radical (unpaired) electrons. The molecule has 0 aromatic heterocycles. The van der Waals surface area contributed by atoms with Crippen molar-refractivity contribution in [2.75, 3.05) is 0 Å². The van der Waals surface area contributed by atoms with E-state index >= 15 is 0 Å². The van der Waals surface area contributed by atoms with Gasteiger partial charge in [0.2, 0.25) is 0 Å². The van der Waals surface area contributed by atoms with Gasteiger partial charge in [0.15, 0.2) is 0 Å². The Bertz CT molecular complexity index is 509. The van der Waals surface area contributed by atoms with Gasteiger partial charge >= 0.3 is 0 Å². The summed E-state index contributed by atoms with van der Waals surface area (Å²) in [5.41, 5.74) is 4.13. The third kappa shape index (κ3) is 3.07. The van der Waals surface area contributed by atoms with Crippen LogP contribution in [0.1, 0.15) is 31.7 Å². The van der Waals surface area contributed by atoms with Crippen LogP contribution in [0.3, 0.4) is 0 Å². The van der Waals surface area contributed by atoms with Gasteiger partial charge in [0.1, 0.15) is 0 Å². The van der Waals surface area contributed by atoms with Crippen LogP contribution in [0.25, 0.3) is 11.1 Å². The summed E-state index contributed by atoms with van der Waals surface area (Å²) in [6.45, 7) is 2.39. The second kappa shape index (κ2) is 5.61. The zero-order chi connectivity index (χ0) is 13.1. The molecule has 98 valence electrons. The lowest BCUT2D eigenvalue weighted by Crippen LogP contribution is -1.99. The maximum absolute atomic E-state index is 2.39. The average Bonchev–Trinajstić information content (AvgIpc) is 2.86. The summed E-state index contributed by atoms with van der Waals surface area (Å²) >= 11 is 0. The van der Waals surface area contributed by atoms with Crippen LogP contribution in [0, 0.1) is 11.8 Å². The average molecular weight is 250 g/mol. The lowest BCUT2D eigenvalue weighted by atomic mass is 9.95. The summed E-state index contributed by atoms with van der Waals surface area (Å²) in [5.74, 6) is 1.85. The van der Waals surface area contributed by atoms with Crippen molar-refractivity contribution in [2.45, 2.75) is 32.6 Å². The first-order chi connectivity index (χ1) is 9.31. The van der Waals surface area contributed by atoms with E-state index in [1.165, 1.54) is 42.4 Å². The van der Waals surface area contributed by atoms with Gasteiger partial charge in [-0.15, -0.1) is 0 Å². The Morgan fingerprint density at radius 3 is 2.16 bits per heavy atom. The highest BCUT2D eigenvalue weighted by Gasteiger charge is 2.21. The normalized spacial score (nSPS) is 22.6. The van der Waals surface area contributed by atoms with Gasteiger partial charge in [-0.1, -0.05) is 67.9 Å². The molecular formula is C19H22. The summed E-state index contributed by atoms with van der Waals surface area (Å²) < 4.78 is 0. The van der Waals surface area contributed by atoms with Crippen molar-refractivity contribution >= 4 is 0 Å². The molecule has 2 atom stereocenters. The zero-order valence-corrected chi connectivity index (χ0v) is 11.7. The fraction of sp³-hybridized carbons (Fsp3) is 0.368. The second-order valence-electron chi connectivity index (χ2n) is 6.05. The van der Waals surface area contributed by atoms with Gasteiger partial charge in [-0.05, 0) is 47.8 Å². The van der Waals surface area contributed by atoms with Gasteiger partial charge in [0.25, 0.3) is 0 Å². The smallest absolute Gasteiger partial charge is 0.0184 e. The van der Waals surface area contributed by atoms with Crippen molar-refractivity contribution in [3.05, 3.63) is 60.2 Å². The van der Waals surface area contributed by atoms with E-state index in [9.17, 15) is 0 Å². The van der Waals surface area contributed by atoms with Gasteiger partial charge in [-0.2, -0.15) is 0 Å². The van der Waals surface area contributed by atoms with Crippen molar-refractivity contribution in [2.24, 2.45) is 11.8 Å². The van der Waals surface area contributed by atoms with Crippen molar-refractivity contribution in [3.63, 3.8) is 0 Å². The molecule has 1 fully saturated rings. The Kier molecular flexibility index (Phi) is 3.68. The minimum atomic E-state index is 0.914. The summed E-state index contributed by atoms with van der Waals surface area (Å²) in [4.78, 5) is 0. The minimum absolute atomic E-state index is 0.914. The SMILES string of the molecule is CC1CCC(Cc2ccc(-c3ccccc3)cc2)C1. The van der Waals surface area contributed by atoms with Crippen LogP contribution in [-0.4, -0.2) is 0 Å². The summed E-state index contributed by atoms with van der Waals surface area (Å²) in [6, 6.07) is 19.8. The summed E-state index contributed by atoms with van der Waals surface area (Å²) in [5, 5.41) is 0. The Balaban J connectivity index is 1.69. The van der Waals surface area contributed by atoms with Crippen LogP contribution in [-0.2, 0) is 6.42 Å². The van der Waals surface area contributed by atoms with Crippen molar-refractivity contribution < 1.29 is 0 Å². The van der Waals surface area contributed by atoms with E-state index in [0.717, 1.165) is 11.8 Å². The van der Waals surface area contributed by atoms with Crippen LogP contribution in [0.5, 0.6) is 0 Å². The topological polar surface area (TPSA) is 0 Å². The molecule has 0 amide bonds. The molecule has 2 aromatic rings. The number of hydrogen-bond donors (Lipinski definition) is 0. The molecule has 0 saturated heterocycles. The predicted octanol–water partition coefficient (Wildman–Crippen LogP) is 5.33. The molecule has 0 heteroatoms. The molecule has 0 spiro atoms. The standard InChI is InChI=1S/C19H22/c1-15-7-8-17(13-15)14-16-9-11-19(12-10-16)18-5-3-2-4-6-18/h2-6,9-12,15,17H,7-8,13-14H2,1H3. The van der Waals surface area contributed by atoms with Crippen LogP contribution < -0.4 is 0 Å². The fourth-order valence-electron chi connectivity index (χ4n) is 3.31. The molecule has 0 nitrogen and oxygen atoms in total. The predicted molar refractivity (Wildman–Crippen MR) is 82.1 cm³/mol. The van der Waals surface area contributed by atoms with E-state index in [4.69, 9.17) is 0 Å². The maximum atomic E-state index is 2.39. The molecule has 0 bridgehead atoms. The Hall–Kier alpha value is -1.56. The van der Waals surface area contributed by atoms with Gasteiger partial charge < -0.3 is 0 Å². The Morgan fingerprint density at radius 2 is 1.53 bits per heavy atom. The van der Waals surface area contributed by atoms with Gasteiger partial charge in [0, 0.05) is 0 Å². The fourth-order valence-corrected chi connectivity index (χ4v) is 3.31. The summed E-state index contributed by atoms with van der Waals surface area (Å²) in [6.07, 6.45) is 5.52. The highest BCUT2D eigenvalue weighted by molar-refractivity contribution is 5.63. The molecular weight excluding hydrogens is 228 g/mol. The van der Waals surface area contributed by atoms with Gasteiger partial charge in [-0.25, -0.2) is 0 Å². The molecule has 0 heterocycles. The lowest BCUT2D eigenvalue weighted by molar-refractivity contribution is 0.513. The largest absolute Gasteiger partial charge is 0.0625 e. The van der Waals surface area contributed by atoms with Gasteiger partial charge in [0.05, 0.1) is 0 Å². The Morgan fingerprint density at radius 1 is 0.842 bits per heavy atom. The van der Waals surface area contributed by atoms with Crippen LogP contribution in [0.4, 0.5) is 0 Å². The molecule has 2 aromatic carbocycles. The molecule has 0 N–H and O–H groups in total. The zero-order valence-electron chi connectivity index (χ0n) is 11.7. The first-order valence-electron chi connectivity index (χ1n) is 7.45. The van der Waals surface area contributed by atoms with E-state index in [1.807, 2.05) is 0 Å². The molecule has 1 aliphatic carbocycles.